The first kappa shape index (κ1) is 8.52. The van der Waals surface area contributed by atoms with Crippen molar-refractivity contribution in [2.75, 3.05) is 6.54 Å². The third-order valence-electron chi connectivity index (χ3n) is 1.50. The van der Waals surface area contributed by atoms with Crippen molar-refractivity contribution >= 4 is 27.9 Å². The highest BCUT2D eigenvalue weighted by molar-refractivity contribution is 9.09. The average Bonchev–Trinajstić information content (AvgIpc) is 2.28. The van der Waals surface area contributed by atoms with Crippen LogP contribution >= 0.6 is 15.9 Å². The molecule has 1 N–H and O–H groups in total. The molecule has 1 heterocycles. The van der Waals surface area contributed by atoms with E-state index in [1.54, 1.807) is 0 Å². The monoisotopic (exact) mass is 220 g/mol. The quantitative estimate of drug-likeness (QED) is 0.423. The second-order valence-electron chi connectivity index (χ2n) is 2.32. The van der Waals surface area contributed by atoms with Gasteiger partial charge >= 0.3 is 6.03 Å². The molecule has 3 amide bonds. The van der Waals surface area contributed by atoms with E-state index in [9.17, 15) is 9.59 Å². The molecule has 0 aromatic heterocycles. The molecule has 0 saturated carbocycles. The highest BCUT2D eigenvalue weighted by atomic mass is 79.9. The Kier molecular flexibility index (Phi) is 2.49. The Hall–Kier alpha value is -0.580. The molecule has 0 aromatic carbocycles. The minimum absolute atomic E-state index is 0.0334. The second-order valence-corrected chi connectivity index (χ2v) is 3.38. The fraction of sp³-hybridized carbons (Fsp3) is 0.667. The van der Waals surface area contributed by atoms with Crippen molar-refractivity contribution in [3.8, 4) is 0 Å². The topological polar surface area (TPSA) is 49.4 Å². The summed E-state index contributed by atoms with van der Waals surface area (Å²) in [5.41, 5.74) is 0. The number of hydrogen-bond acceptors (Lipinski definition) is 2. The molecule has 0 radical (unpaired) electrons. The molecule has 1 atom stereocenters. The van der Waals surface area contributed by atoms with Crippen molar-refractivity contribution in [1.29, 1.82) is 0 Å². The Morgan fingerprint density at radius 3 is 2.73 bits per heavy atom. The van der Waals surface area contributed by atoms with Gasteiger partial charge in [-0.25, -0.2) is 4.79 Å². The Morgan fingerprint density at radius 1 is 1.73 bits per heavy atom. The number of imide groups is 1. The number of rotatable bonds is 2. The van der Waals surface area contributed by atoms with E-state index >= 15 is 0 Å². The van der Waals surface area contributed by atoms with Gasteiger partial charge in [-0.15, -0.1) is 0 Å². The van der Waals surface area contributed by atoms with Gasteiger partial charge in [-0.2, -0.15) is 0 Å². The maximum atomic E-state index is 10.9. The van der Waals surface area contributed by atoms with Gasteiger partial charge < -0.3 is 4.90 Å². The number of hydrogen-bond donors (Lipinski definition) is 1. The van der Waals surface area contributed by atoms with Crippen LogP contribution in [0.2, 0.25) is 0 Å². The summed E-state index contributed by atoms with van der Waals surface area (Å²) >= 11 is 3.28. The van der Waals surface area contributed by atoms with Crippen LogP contribution < -0.4 is 5.32 Å². The minimum Gasteiger partial charge on any atom is -0.303 e. The van der Waals surface area contributed by atoms with Crippen molar-refractivity contribution in [3.63, 3.8) is 0 Å². The average molecular weight is 221 g/mol. The van der Waals surface area contributed by atoms with Gasteiger partial charge in [0.2, 0.25) is 5.91 Å². The van der Waals surface area contributed by atoms with E-state index in [2.05, 4.69) is 21.2 Å². The highest BCUT2D eigenvalue weighted by Gasteiger charge is 2.30. The third-order valence-corrected chi connectivity index (χ3v) is 2.64. The first-order chi connectivity index (χ1) is 5.15. The summed E-state index contributed by atoms with van der Waals surface area (Å²) < 4.78 is 0. The fourth-order valence-corrected chi connectivity index (χ4v) is 1.23. The van der Waals surface area contributed by atoms with E-state index in [1.165, 1.54) is 4.90 Å². The molecule has 11 heavy (non-hydrogen) atoms. The number of nitrogens with one attached hydrogen (secondary N) is 1. The van der Waals surface area contributed by atoms with Gasteiger partial charge in [0.25, 0.3) is 0 Å². The summed E-state index contributed by atoms with van der Waals surface area (Å²) in [5.74, 6) is -0.229. The lowest BCUT2D eigenvalue weighted by Gasteiger charge is -2.18. The van der Waals surface area contributed by atoms with Crippen LogP contribution in [0.5, 0.6) is 0 Å². The van der Waals surface area contributed by atoms with Crippen LogP contribution in [-0.2, 0) is 4.79 Å². The van der Waals surface area contributed by atoms with Crippen molar-refractivity contribution < 1.29 is 9.59 Å². The van der Waals surface area contributed by atoms with Crippen LogP contribution in [0.1, 0.15) is 13.3 Å². The number of halogens is 1. The summed E-state index contributed by atoms with van der Waals surface area (Å²) in [5, 5.41) is 2.20. The Morgan fingerprint density at radius 2 is 2.36 bits per heavy atom. The Labute approximate surface area is 73.1 Å². The van der Waals surface area contributed by atoms with Gasteiger partial charge in [0, 0.05) is 0 Å². The predicted octanol–water partition coefficient (Wildman–Crippen LogP) is 0.669. The molecule has 0 spiro atoms. The van der Waals surface area contributed by atoms with Gasteiger partial charge in [-0.1, -0.05) is 22.9 Å². The highest BCUT2D eigenvalue weighted by Crippen LogP contribution is 2.13. The maximum absolute atomic E-state index is 10.9. The number of carbonyl (C=O) groups excluding carboxylic acids is 2. The zero-order valence-corrected chi connectivity index (χ0v) is 7.72. The molecule has 5 heteroatoms. The summed E-state index contributed by atoms with van der Waals surface area (Å²) in [6, 6.07) is -0.307. The molecule has 62 valence electrons. The molecule has 1 aliphatic rings. The van der Waals surface area contributed by atoms with E-state index < -0.39 is 0 Å². The van der Waals surface area contributed by atoms with E-state index in [-0.39, 0.29) is 23.4 Å². The van der Waals surface area contributed by atoms with Crippen LogP contribution in [0, 0.1) is 0 Å². The van der Waals surface area contributed by atoms with E-state index in [1.807, 2.05) is 6.92 Å². The number of urea groups is 1. The van der Waals surface area contributed by atoms with Gasteiger partial charge in [-0.3, -0.25) is 10.1 Å². The SMILES string of the molecule is CCC(Br)N1CC(=O)NC1=O. The summed E-state index contributed by atoms with van der Waals surface area (Å²) in [4.78, 5) is 23.1. The summed E-state index contributed by atoms with van der Waals surface area (Å²) in [7, 11) is 0. The second kappa shape index (κ2) is 3.21. The van der Waals surface area contributed by atoms with Gasteiger partial charge in [0.1, 0.15) is 6.54 Å². The van der Waals surface area contributed by atoms with Gasteiger partial charge in [0.15, 0.2) is 0 Å². The molecule has 0 aliphatic carbocycles. The molecular weight excluding hydrogens is 212 g/mol. The zero-order valence-electron chi connectivity index (χ0n) is 6.13. The largest absolute Gasteiger partial charge is 0.325 e. The lowest BCUT2D eigenvalue weighted by molar-refractivity contribution is -0.118. The smallest absolute Gasteiger partial charge is 0.303 e. The minimum atomic E-state index is -0.307. The number of carbonyl (C=O) groups is 2. The predicted molar refractivity (Wildman–Crippen MR) is 43.3 cm³/mol. The standard InChI is InChI=1S/C6H9BrN2O2/c1-2-4(7)9-3-5(10)8-6(9)11/h4H,2-3H2,1H3,(H,8,10,11). The maximum Gasteiger partial charge on any atom is 0.325 e. The van der Waals surface area contributed by atoms with E-state index in [0.29, 0.717) is 0 Å². The van der Waals surface area contributed by atoms with Crippen LogP contribution in [0.3, 0.4) is 0 Å². The van der Waals surface area contributed by atoms with Crippen LogP contribution in [0.25, 0.3) is 0 Å². The first-order valence-electron chi connectivity index (χ1n) is 3.39. The molecular formula is C6H9BrN2O2. The van der Waals surface area contributed by atoms with Crippen molar-refractivity contribution in [3.05, 3.63) is 0 Å². The Balaban J connectivity index is 2.59. The van der Waals surface area contributed by atoms with Crippen LogP contribution in [0.4, 0.5) is 4.79 Å². The normalized spacial score (nSPS) is 20.4. The molecule has 1 rings (SSSR count). The first-order valence-corrected chi connectivity index (χ1v) is 4.31. The Bertz CT molecular complexity index is 195. The van der Waals surface area contributed by atoms with Crippen LogP contribution in [-0.4, -0.2) is 28.3 Å². The fourth-order valence-electron chi connectivity index (χ4n) is 0.904. The van der Waals surface area contributed by atoms with Crippen molar-refractivity contribution in [2.24, 2.45) is 0 Å². The molecule has 1 aliphatic heterocycles. The number of amides is 3. The van der Waals surface area contributed by atoms with Crippen LogP contribution in [0.15, 0.2) is 0 Å². The van der Waals surface area contributed by atoms with Crippen molar-refractivity contribution in [2.45, 2.75) is 18.3 Å². The molecule has 1 saturated heterocycles. The summed E-state index contributed by atoms with van der Waals surface area (Å²) in [6.45, 7) is 2.11. The molecule has 1 unspecified atom stereocenters. The van der Waals surface area contributed by atoms with E-state index in [4.69, 9.17) is 0 Å². The number of nitrogens with zero attached hydrogens (tertiary/aromatic N) is 1. The lowest BCUT2D eigenvalue weighted by Crippen LogP contribution is -2.33. The molecule has 0 bridgehead atoms. The van der Waals surface area contributed by atoms with Crippen molar-refractivity contribution in [1.82, 2.24) is 10.2 Å². The molecule has 4 nitrogen and oxygen atoms in total. The third kappa shape index (κ3) is 1.71. The number of alkyl halides is 1. The molecule has 0 aromatic rings. The van der Waals surface area contributed by atoms with Gasteiger partial charge in [-0.05, 0) is 6.42 Å². The zero-order chi connectivity index (χ0) is 8.43. The van der Waals surface area contributed by atoms with E-state index in [0.717, 1.165) is 6.42 Å². The summed E-state index contributed by atoms with van der Waals surface area (Å²) in [6.07, 6.45) is 0.792. The van der Waals surface area contributed by atoms with Gasteiger partial charge in [0.05, 0.1) is 4.95 Å². The lowest BCUT2D eigenvalue weighted by atomic mass is 10.4. The molecule has 1 fully saturated rings.